The number of thiophene rings is 1. The molecular weight excluding hydrogens is 432 g/mol. The van der Waals surface area contributed by atoms with E-state index in [1.165, 1.54) is 29.7 Å². The van der Waals surface area contributed by atoms with Crippen LogP contribution in [0, 0.1) is 0 Å². The minimum atomic E-state index is -0.0459. The fourth-order valence-corrected chi connectivity index (χ4v) is 5.69. The molecule has 6 heteroatoms. The van der Waals surface area contributed by atoms with Crippen LogP contribution in [0.1, 0.15) is 48.6 Å². The Bertz CT molecular complexity index is 1310. The predicted octanol–water partition coefficient (Wildman–Crippen LogP) is 6.29. The van der Waals surface area contributed by atoms with Gasteiger partial charge in [0, 0.05) is 10.4 Å². The maximum Gasteiger partial charge on any atom is 0.260 e. The third-order valence-electron chi connectivity index (χ3n) is 6.08. The number of aromatic amines is 1. The van der Waals surface area contributed by atoms with Gasteiger partial charge in [0.1, 0.15) is 17.3 Å². The summed E-state index contributed by atoms with van der Waals surface area (Å²) in [4.78, 5) is 23.2. The van der Waals surface area contributed by atoms with Crippen LogP contribution in [0.25, 0.3) is 21.6 Å². The summed E-state index contributed by atoms with van der Waals surface area (Å²) in [6, 6.07) is 15.8. The number of hydrogen-bond acceptors (Lipinski definition) is 5. The molecular formula is C27H28N2O3S. The lowest BCUT2D eigenvalue weighted by Crippen LogP contribution is -2.10. The molecule has 2 aromatic carbocycles. The Morgan fingerprint density at radius 3 is 2.61 bits per heavy atom. The van der Waals surface area contributed by atoms with Crippen LogP contribution in [-0.4, -0.2) is 16.6 Å². The van der Waals surface area contributed by atoms with E-state index in [4.69, 9.17) is 14.5 Å². The molecule has 1 aliphatic carbocycles. The number of aryl methyl sites for hydroxylation is 2. The Morgan fingerprint density at radius 1 is 0.970 bits per heavy atom. The summed E-state index contributed by atoms with van der Waals surface area (Å²) in [5.41, 5.74) is 3.07. The molecule has 0 fully saturated rings. The van der Waals surface area contributed by atoms with Crippen molar-refractivity contribution in [1.82, 2.24) is 9.97 Å². The number of H-pyrrole nitrogens is 1. The van der Waals surface area contributed by atoms with Crippen molar-refractivity contribution >= 4 is 21.6 Å². The SMILES string of the molecule is CCOc1cc(-c2nc3sc4c(c3c(=O)[nH]2)CCCCCC4)ccc1OCc1ccccc1. The molecule has 2 heterocycles. The first kappa shape index (κ1) is 21.7. The summed E-state index contributed by atoms with van der Waals surface area (Å²) in [6.07, 6.45) is 6.85. The zero-order chi connectivity index (χ0) is 22.6. The number of benzene rings is 2. The summed E-state index contributed by atoms with van der Waals surface area (Å²) in [5, 5.41) is 0.786. The van der Waals surface area contributed by atoms with Gasteiger partial charge in [0.25, 0.3) is 5.56 Å². The Morgan fingerprint density at radius 2 is 1.79 bits per heavy atom. The van der Waals surface area contributed by atoms with Crippen LogP contribution in [-0.2, 0) is 19.4 Å². The fourth-order valence-electron chi connectivity index (χ4n) is 4.43. The number of fused-ring (bicyclic) bond motifs is 3. The maximum atomic E-state index is 13.1. The molecule has 0 atom stereocenters. The highest BCUT2D eigenvalue weighted by Gasteiger charge is 2.19. The molecule has 0 spiro atoms. The third-order valence-corrected chi connectivity index (χ3v) is 7.26. The van der Waals surface area contributed by atoms with Gasteiger partial charge in [-0.15, -0.1) is 11.3 Å². The van der Waals surface area contributed by atoms with Crippen LogP contribution in [0.3, 0.4) is 0 Å². The zero-order valence-electron chi connectivity index (χ0n) is 18.9. The molecule has 2 aromatic heterocycles. The van der Waals surface area contributed by atoms with Gasteiger partial charge in [-0.1, -0.05) is 43.2 Å². The van der Waals surface area contributed by atoms with Crippen molar-refractivity contribution in [3.05, 3.63) is 74.9 Å². The number of nitrogens with one attached hydrogen (secondary N) is 1. The molecule has 0 saturated carbocycles. The normalized spacial score (nSPS) is 13.8. The molecule has 1 aliphatic rings. The lowest BCUT2D eigenvalue weighted by Gasteiger charge is -2.13. The van der Waals surface area contributed by atoms with Crippen molar-refractivity contribution in [2.24, 2.45) is 0 Å². The van der Waals surface area contributed by atoms with Gasteiger partial charge in [0.15, 0.2) is 11.5 Å². The molecule has 0 radical (unpaired) electrons. The molecule has 1 N–H and O–H groups in total. The first-order chi connectivity index (χ1) is 16.2. The highest BCUT2D eigenvalue weighted by Crippen LogP contribution is 2.35. The molecule has 170 valence electrons. The van der Waals surface area contributed by atoms with Crippen LogP contribution in [0.4, 0.5) is 0 Å². The van der Waals surface area contributed by atoms with E-state index < -0.39 is 0 Å². The van der Waals surface area contributed by atoms with Crippen LogP contribution in [0.5, 0.6) is 11.5 Å². The van der Waals surface area contributed by atoms with E-state index in [0.717, 1.165) is 40.6 Å². The fraction of sp³-hybridized carbons (Fsp3) is 0.333. The maximum absolute atomic E-state index is 13.1. The van der Waals surface area contributed by atoms with E-state index >= 15 is 0 Å². The van der Waals surface area contributed by atoms with Gasteiger partial charge in [-0.2, -0.15) is 0 Å². The van der Waals surface area contributed by atoms with Gasteiger partial charge in [-0.3, -0.25) is 4.79 Å². The number of ether oxygens (including phenoxy) is 2. The second kappa shape index (κ2) is 9.79. The topological polar surface area (TPSA) is 64.2 Å². The molecule has 0 unspecified atom stereocenters. The molecule has 0 amide bonds. The zero-order valence-corrected chi connectivity index (χ0v) is 19.7. The lowest BCUT2D eigenvalue weighted by molar-refractivity contribution is 0.269. The Kier molecular flexibility index (Phi) is 6.44. The van der Waals surface area contributed by atoms with Gasteiger partial charge in [0.2, 0.25) is 0 Å². The number of aromatic nitrogens is 2. The second-order valence-corrected chi connectivity index (χ2v) is 9.47. The number of hydrogen-bond donors (Lipinski definition) is 1. The van der Waals surface area contributed by atoms with Crippen molar-refractivity contribution in [3.63, 3.8) is 0 Å². The Labute approximate surface area is 197 Å². The average Bonchev–Trinajstić information content (AvgIpc) is 3.16. The lowest BCUT2D eigenvalue weighted by atomic mass is 9.98. The summed E-state index contributed by atoms with van der Waals surface area (Å²) < 4.78 is 11.9. The van der Waals surface area contributed by atoms with Crippen LogP contribution in [0.2, 0.25) is 0 Å². The molecule has 0 aliphatic heterocycles. The van der Waals surface area contributed by atoms with Crippen molar-refractivity contribution in [2.75, 3.05) is 6.61 Å². The predicted molar refractivity (Wildman–Crippen MR) is 133 cm³/mol. The van der Waals surface area contributed by atoms with Crippen LogP contribution >= 0.6 is 11.3 Å². The molecule has 5 rings (SSSR count). The van der Waals surface area contributed by atoms with Crippen LogP contribution < -0.4 is 15.0 Å². The molecule has 4 aromatic rings. The van der Waals surface area contributed by atoms with E-state index in [-0.39, 0.29) is 5.56 Å². The van der Waals surface area contributed by atoms with Crippen LogP contribution in [0.15, 0.2) is 53.3 Å². The van der Waals surface area contributed by atoms with Gasteiger partial charge in [0.05, 0.1) is 12.0 Å². The third kappa shape index (κ3) is 4.67. The monoisotopic (exact) mass is 460 g/mol. The van der Waals surface area contributed by atoms with Crippen molar-refractivity contribution in [3.8, 4) is 22.9 Å². The summed E-state index contributed by atoms with van der Waals surface area (Å²) in [7, 11) is 0. The number of nitrogens with zero attached hydrogens (tertiary/aromatic N) is 1. The highest BCUT2D eigenvalue weighted by molar-refractivity contribution is 7.18. The Hall–Kier alpha value is -3.12. The minimum Gasteiger partial charge on any atom is -0.490 e. The van der Waals surface area contributed by atoms with Gasteiger partial charge in [-0.25, -0.2) is 4.98 Å². The standard InChI is InChI=1S/C27H28N2O3S/c1-2-31-22-16-19(14-15-21(22)32-17-18-10-6-5-7-11-18)25-28-26(30)24-20-12-8-3-4-9-13-23(20)33-27(24)29-25/h5-7,10-11,14-16H,2-4,8-9,12-13,17H2,1H3,(H,28,29,30). The van der Waals surface area contributed by atoms with E-state index in [2.05, 4.69) is 4.98 Å². The summed E-state index contributed by atoms with van der Waals surface area (Å²) >= 11 is 1.68. The largest absolute Gasteiger partial charge is 0.490 e. The van der Waals surface area contributed by atoms with Gasteiger partial charge >= 0.3 is 0 Å². The van der Waals surface area contributed by atoms with Crippen molar-refractivity contribution < 1.29 is 9.47 Å². The van der Waals surface area contributed by atoms with Gasteiger partial charge in [-0.05, 0) is 61.9 Å². The first-order valence-corrected chi connectivity index (χ1v) is 12.5. The van der Waals surface area contributed by atoms with Crippen molar-refractivity contribution in [2.45, 2.75) is 52.1 Å². The minimum absolute atomic E-state index is 0.0459. The summed E-state index contributed by atoms with van der Waals surface area (Å²) in [6.45, 7) is 2.93. The Balaban J connectivity index is 1.48. The van der Waals surface area contributed by atoms with Crippen molar-refractivity contribution in [1.29, 1.82) is 0 Å². The molecule has 0 bridgehead atoms. The smallest absolute Gasteiger partial charge is 0.260 e. The van der Waals surface area contributed by atoms with E-state index in [1.807, 2.05) is 55.5 Å². The quantitative estimate of drug-likeness (QED) is 0.367. The highest BCUT2D eigenvalue weighted by atomic mass is 32.1. The second-order valence-electron chi connectivity index (χ2n) is 8.38. The molecule has 33 heavy (non-hydrogen) atoms. The van der Waals surface area contributed by atoms with E-state index in [1.54, 1.807) is 11.3 Å². The first-order valence-electron chi connectivity index (χ1n) is 11.7. The van der Waals surface area contributed by atoms with Gasteiger partial charge < -0.3 is 14.5 Å². The van der Waals surface area contributed by atoms with E-state index in [0.29, 0.717) is 30.5 Å². The number of rotatable bonds is 6. The summed E-state index contributed by atoms with van der Waals surface area (Å²) in [5.74, 6) is 1.89. The average molecular weight is 461 g/mol. The van der Waals surface area contributed by atoms with E-state index in [9.17, 15) is 4.79 Å². The molecule has 0 saturated heterocycles. The molecule has 5 nitrogen and oxygen atoms in total.